The molecule has 0 heterocycles. The molecule has 0 atom stereocenters. The lowest BCUT2D eigenvalue weighted by Gasteiger charge is -2.26. The van der Waals surface area contributed by atoms with E-state index in [2.05, 4.69) is 4.74 Å². The van der Waals surface area contributed by atoms with Crippen molar-refractivity contribution in [1.29, 1.82) is 5.26 Å². The van der Waals surface area contributed by atoms with E-state index in [1.54, 1.807) is 20.8 Å². The zero-order chi connectivity index (χ0) is 22.6. The Labute approximate surface area is 167 Å². The maximum Gasteiger partial charge on any atom is 0.410 e. The smallest absolute Gasteiger partial charge is 0.410 e. The number of nitriles is 1. The Morgan fingerprint density at radius 3 is 2.31 bits per heavy atom. The molecule has 8 nitrogen and oxygen atoms in total. The number of amides is 1. The van der Waals surface area contributed by atoms with Crippen LogP contribution in [0.5, 0.6) is 5.75 Å². The standard InChI is InChI=1S/C17H22F3N3O5S/c1-17(2,3)28-16(24)22(4)8-9-23(5)29(25,26)14-11(10-21)13(27-15(19)20)7-6-12(14)18/h6-7,15H,8-9H2,1-5H3. The second kappa shape index (κ2) is 9.32. The Morgan fingerprint density at radius 1 is 1.24 bits per heavy atom. The second-order valence-electron chi connectivity index (χ2n) is 6.97. The van der Waals surface area contributed by atoms with Gasteiger partial charge in [0, 0.05) is 27.2 Å². The minimum Gasteiger partial charge on any atom is -0.444 e. The highest BCUT2D eigenvalue weighted by molar-refractivity contribution is 7.89. The summed E-state index contributed by atoms with van der Waals surface area (Å²) in [5.41, 5.74) is -1.63. The van der Waals surface area contributed by atoms with Crippen LogP contribution in [0.25, 0.3) is 0 Å². The van der Waals surface area contributed by atoms with Crippen LogP contribution < -0.4 is 4.74 Å². The quantitative estimate of drug-likeness (QED) is 0.650. The number of nitrogens with zero attached hydrogens (tertiary/aromatic N) is 3. The summed E-state index contributed by atoms with van der Waals surface area (Å²) in [6.07, 6.45) is -0.695. The summed E-state index contributed by atoms with van der Waals surface area (Å²) in [5, 5.41) is 9.19. The zero-order valence-electron chi connectivity index (χ0n) is 16.6. The molecule has 162 valence electrons. The maximum atomic E-state index is 14.2. The number of ether oxygens (including phenoxy) is 2. The van der Waals surface area contributed by atoms with Crippen molar-refractivity contribution in [3.05, 3.63) is 23.5 Å². The number of likely N-dealkylation sites (N-methyl/N-ethyl adjacent to an activating group) is 2. The van der Waals surface area contributed by atoms with Gasteiger partial charge in [0.05, 0.1) is 0 Å². The van der Waals surface area contributed by atoms with Crippen molar-refractivity contribution in [2.24, 2.45) is 0 Å². The summed E-state index contributed by atoms with van der Waals surface area (Å²) in [4.78, 5) is 12.0. The molecule has 0 bridgehead atoms. The lowest BCUT2D eigenvalue weighted by atomic mass is 10.2. The third kappa shape index (κ3) is 6.50. The number of hydrogen-bond donors (Lipinski definition) is 0. The van der Waals surface area contributed by atoms with E-state index in [1.807, 2.05) is 0 Å². The van der Waals surface area contributed by atoms with Gasteiger partial charge in [-0.2, -0.15) is 18.3 Å². The van der Waals surface area contributed by atoms with Crippen LogP contribution in [0.1, 0.15) is 26.3 Å². The van der Waals surface area contributed by atoms with Gasteiger partial charge in [0.1, 0.15) is 33.7 Å². The van der Waals surface area contributed by atoms with Crippen LogP contribution in [-0.2, 0) is 14.8 Å². The van der Waals surface area contributed by atoms with Gasteiger partial charge in [-0.1, -0.05) is 0 Å². The van der Waals surface area contributed by atoms with Gasteiger partial charge in [-0.05, 0) is 32.9 Å². The highest BCUT2D eigenvalue weighted by Crippen LogP contribution is 2.30. The van der Waals surface area contributed by atoms with Gasteiger partial charge in [0.2, 0.25) is 10.0 Å². The summed E-state index contributed by atoms with van der Waals surface area (Å²) in [7, 11) is -2.12. The molecule has 0 fully saturated rings. The van der Waals surface area contributed by atoms with Crippen molar-refractivity contribution in [3.63, 3.8) is 0 Å². The predicted molar refractivity (Wildman–Crippen MR) is 96.4 cm³/mol. The van der Waals surface area contributed by atoms with Gasteiger partial charge in [0.15, 0.2) is 0 Å². The van der Waals surface area contributed by atoms with Crippen molar-refractivity contribution >= 4 is 16.1 Å². The molecular formula is C17H22F3N3O5S. The Kier molecular flexibility index (Phi) is 7.88. The van der Waals surface area contributed by atoms with Crippen molar-refractivity contribution in [2.75, 3.05) is 27.2 Å². The minimum absolute atomic E-state index is 0.110. The molecule has 0 unspecified atom stereocenters. The summed E-state index contributed by atoms with van der Waals surface area (Å²) in [6.45, 7) is 1.27. The molecule has 0 aliphatic carbocycles. The van der Waals surface area contributed by atoms with Crippen molar-refractivity contribution in [3.8, 4) is 11.8 Å². The summed E-state index contributed by atoms with van der Waals surface area (Å²) in [5.74, 6) is -2.06. The second-order valence-corrected chi connectivity index (χ2v) is 8.95. The van der Waals surface area contributed by atoms with E-state index in [0.717, 1.165) is 18.0 Å². The normalized spacial score (nSPS) is 12.0. The molecule has 0 aliphatic rings. The summed E-state index contributed by atoms with van der Waals surface area (Å²) in [6, 6.07) is 2.75. The van der Waals surface area contributed by atoms with Gasteiger partial charge in [-0.3, -0.25) is 0 Å². The molecule has 29 heavy (non-hydrogen) atoms. The molecule has 0 saturated heterocycles. The Bertz CT molecular complexity index is 895. The van der Waals surface area contributed by atoms with Crippen molar-refractivity contribution in [1.82, 2.24) is 9.21 Å². The van der Waals surface area contributed by atoms with E-state index in [9.17, 15) is 31.6 Å². The number of halogens is 3. The first-order valence-corrected chi connectivity index (χ1v) is 9.72. The molecule has 1 amide bonds. The molecular weight excluding hydrogens is 415 g/mol. The number of rotatable bonds is 7. The fraction of sp³-hybridized carbons (Fsp3) is 0.529. The predicted octanol–water partition coefficient (Wildman–Crippen LogP) is 2.79. The number of carbonyl (C=O) groups excluding carboxylic acids is 1. The van der Waals surface area contributed by atoms with Crippen molar-refractivity contribution in [2.45, 2.75) is 37.9 Å². The SMILES string of the molecule is CN(CCN(C)S(=O)(=O)c1c(F)ccc(OC(F)F)c1C#N)C(=O)OC(C)(C)C. The largest absolute Gasteiger partial charge is 0.444 e. The zero-order valence-corrected chi connectivity index (χ0v) is 17.4. The van der Waals surface area contributed by atoms with Gasteiger partial charge in [0.25, 0.3) is 0 Å². The molecule has 0 N–H and O–H groups in total. The van der Waals surface area contributed by atoms with Gasteiger partial charge in [-0.25, -0.2) is 17.6 Å². The Balaban J connectivity index is 3.10. The van der Waals surface area contributed by atoms with Crippen LogP contribution >= 0.6 is 0 Å². The molecule has 12 heteroatoms. The number of carbonyl (C=O) groups is 1. The van der Waals surface area contributed by atoms with Crippen LogP contribution in [0, 0.1) is 17.1 Å². The van der Waals surface area contributed by atoms with E-state index >= 15 is 0 Å². The average Bonchev–Trinajstić information content (AvgIpc) is 2.58. The molecule has 0 saturated carbocycles. The molecule has 0 radical (unpaired) electrons. The first-order valence-electron chi connectivity index (χ1n) is 8.28. The monoisotopic (exact) mass is 437 g/mol. The van der Waals surface area contributed by atoms with E-state index < -0.39 is 50.4 Å². The summed E-state index contributed by atoms with van der Waals surface area (Å²) < 4.78 is 74.6. The van der Waals surface area contributed by atoms with Crippen LogP contribution in [-0.4, -0.2) is 63.1 Å². The number of sulfonamides is 1. The third-order valence-electron chi connectivity index (χ3n) is 3.52. The average molecular weight is 437 g/mol. The van der Waals surface area contributed by atoms with Gasteiger partial charge >= 0.3 is 12.7 Å². The van der Waals surface area contributed by atoms with Crippen LogP contribution in [0.2, 0.25) is 0 Å². The number of hydrogen-bond acceptors (Lipinski definition) is 6. The van der Waals surface area contributed by atoms with E-state index in [-0.39, 0.29) is 13.1 Å². The minimum atomic E-state index is -4.60. The van der Waals surface area contributed by atoms with Crippen LogP contribution in [0.4, 0.5) is 18.0 Å². The van der Waals surface area contributed by atoms with Gasteiger partial charge < -0.3 is 14.4 Å². The third-order valence-corrected chi connectivity index (χ3v) is 5.44. The molecule has 0 spiro atoms. The molecule has 1 aromatic rings. The number of alkyl halides is 2. The summed E-state index contributed by atoms with van der Waals surface area (Å²) >= 11 is 0. The number of benzene rings is 1. The lowest BCUT2D eigenvalue weighted by Crippen LogP contribution is -2.40. The maximum absolute atomic E-state index is 14.2. The van der Waals surface area contributed by atoms with E-state index in [0.29, 0.717) is 10.4 Å². The van der Waals surface area contributed by atoms with E-state index in [4.69, 9.17) is 4.74 Å². The lowest BCUT2D eigenvalue weighted by molar-refractivity contribution is -0.0502. The van der Waals surface area contributed by atoms with Crippen LogP contribution in [0.3, 0.4) is 0 Å². The first kappa shape index (κ1) is 24.5. The fourth-order valence-corrected chi connectivity index (χ4v) is 3.44. The Hall–Kier alpha value is -2.52. The first-order chi connectivity index (χ1) is 13.2. The van der Waals surface area contributed by atoms with E-state index in [1.165, 1.54) is 13.1 Å². The molecule has 1 aromatic carbocycles. The topological polar surface area (TPSA) is 99.9 Å². The fourth-order valence-electron chi connectivity index (χ4n) is 2.09. The highest BCUT2D eigenvalue weighted by atomic mass is 32.2. The van der Waals surface area contributed by atoms with Crippen molar-refractivity contribution < 1.29 is 35.9 Å². The molecule has 1 rings (SSSR count). The van der Waals surface area contributed by atoms with Crippen LogP contribution in [0.15, 0.2) is 17.0 Å². The highest BCUT2D eigenvalue weighted by Gasteiger charge is 2.31. The molecule has 0 aromatic heterocycles. The van der Waals surface area contributed by atoms with Gasteiger partial charge in [-0.15, -0.1) is 0 Å². The molecule has 0 aliphatic heterocycles. The Morgan fingerprint density at radius 2 is 1.83 bits per heavy atom.